The molecule has 0 unspecified atom stereocenters. The second kappa shape index (κ2) is 9.57. The summed E-state index contributed by atoms with van der Waals surface area (Å²) in [7, 11) is 0. The van der Waals surface area contributed by atoms with Gasteiger partial charge in [0.1, 0.15) is 0 Å². The average molecular weight is 394 g/mol. The van der Waals surface area contributed by atoms with Crippen LogP contribution in [0.5, 0.6) is 0 Å². The molecule has 2 fully saturated rings. The van der Waals surface area contributed by atoms with Gasteiger partial charge in [-0.15, -0.1) is 0 Å². The van der Waals surface area contributed by atoms with E-state index in [2.05, 4.69) is 55.4 Å². The molecule has 0 bridgehead atoms. The first-order chi connectivity index (χ1) is 14.2. The number of hydrogen-bond donors (Lipinski definition) is 1. The molecule has 1 aliphatic heterocycles. The van der Waals surface area contributed by atoms with Gasteiger partial charge in [-0.3, -0.25) is 4.90 Å². The third kappa shape index (κ3) is 5.69. The molecule has 1 aliphatic carbocycles. The van der Waals surface area contributed by atoms with Crippen molar-refractivity contribution in [3.05, 3.63) is 47.8 Å². The van der Waals surface area contributed by atoms with E-state index < -0.39 is 0 Å². The van der Waals surface area contributed by atoms with Crippen molar-refractivity contribution in [2.45, 2.75) is 52.0 Å². The van der Waals surface area contributed by atoms with E-state index in [0.717, 1.165) is 36.3 Å². The highest BCUT2D eigenvalue weighted by molar-refractivity contribution is 5.46. The lowest BCUT2D eigenvalue weighted by molar-refractivity contribution is 0.218. The summed E-state index contributed by atoms with van der Waals surface area (Å²) in [5.74, 6) is 1.68. The zero-order chi connectivity index (χ0) is 20.1. The van der Waals surface area contributed by atoms with E-state index in [1.165, 1.54) is 57.4 Å². The topological polar surface area (TPSA) is 44.3 Å². The number of nitrogens with one attached hydrogen (secondary N) is 1. The Kier molecular flexibility index (Phi) is 6.65. The first-order valence-electron chi connectivity index (χ1n) is 11.3. The molecule has 0 radical (unpaired) electrons. The minimum atomic E-state index is 0.530. The van der Waals surface area contributed by atoms with Crippen LogP contribution in [0.4, 0.5) is 11.6 Å². The summed E-state index contributed by atoms with van der Waals surface area (Å²) in [4.78, 5) is 14.3. The fraction of sp³-hybridized carbons (Fsp3) is 0.583. The molecule has 2 heterocycles. The van der Waals surface area contributed by atoms with Crippen molar-refractivity contribution >= 4 is 11.6 Å². The summed E-state index contributed by atoms with van der Waals surface area (Å²) in [5.41, 5.74) is 3.45. The number of rotatable bonds is 6. The Morgan fingerprint density at radius 3 is 2.21 bits per heavy atom. The number of nitrogens with zero attached hydrogens (tertiary/aromatic N) is 4. The lowest BCUT2D eigenvalue weighted by Crippen LogP contribution is -2.47. The Balaban J connectivity index is 1.15. The zero-order valence-corrected chi connectivity index (χ0v) is 18.0. The molecule has 29 heavy (non-hydrogen) atoms. The Hall–Kier alpha value is -2.14. The maximum Gasteiger partial charge on any atom is 0.223 e. The van der Waals surface area contributed by atoms with Gasteiger partial charge in [-0.25, -0.2) is 9.97 Å². The quantitative estimate of drug-likeness (QED) is 0.794. The second-order valence-corrected chi connectivity index (χ2v) is 8.79. The first kappa shape index (κ1) is 20.1. The molecule has 1 saturated carbocycles. The van der Waals surface area contributed by atoms with Gasteiger partial charge in [-0.05, 0) is 76.6 Å². The van der Waals surface area contributed by atoms with Crippen LogP contribution in [-0.2, 0) is 0 Å². The summed E-state index contributed by atoms with van der Waals surface area (Å²) in [6.45, 7) is 10.0. The molecule has 4 rings (SSSR count). The molecule has 1 N–H and O–H groups in total. The van der Waals surface area contributed by atoms with Gasteiger partial charge in [-0.2, -0.15) is 0 Å². The van der Waals surface area contributed by atoms with E-state index in [9.17, 15) is 0 Å². The molecule has 0 spiro atoms. The molecule has 5 nitrogen and oxygen atoms in total. The number of anilines is 2. The maximum atomic E-state index is 4.54. The molecule has 156 valence electrons. The Morgan fingerprint density at radius 1 is 0.897 bits per heavy atom. The monoisotopic (exact) mass is 393 g/mol. The van der Waals surface area contributed by atoms with E-state index >= 15 is 0 Å². The molecule has 1 saturated heterocycles. The van der Waals surface area contributed by atoms with E-state index in [4.69, 9.17) is 0 Å². The van der Waals surface area contributed by atoms with Crippen LogP contribution in [0, 0.1) is 19.8 Å². The minimum absolute atomic E-state index is 0.530. The van der Waals surface area contributed by atoms with E-state index in [0.29, 0.717) is 6.04 Å². The van der Waals surface area contributed by atoms with Gasteiger partial charge < -0.3 is 10.2 Å². The fourth-order valence-corrected chi connectivity index (χ4v) is 4.80. The van der Waals surface area contributed by atoms with E-state index in [1.54, 1.807) is 0 Å². The van der Waals surface area contributed by atoms with Crippen LogP contribution in [0.15, 0.2) is 36.4 Å². The molecule has 2 aromatic rings. The normalized spacial score (nSPS) is 23.2. The third-order valence-corrected chi connectivity index (χ3v) is 6.51. The number of aryl methyl sites for hydroxylation is 2. The number of hydrogen-bond acceptors (Lipinski definition) is 5. The van der Waals surface area contributed by atoms with Crippen molar-refractivity contribution in [3.63, 3.8) is 0 Å². The van der Waals surface area contributed by atoms with E-state index in [-0.39, 0.29) is 0 Å². The Bertz CT molecular complexity index is 742. The molecule has 2 aliphatic rings. The van der Waals surface area contributed by atoms with Crippen LogP contribution in [0.25, 0.3) is 0 Å². The molecular weight excluding hydrogens is 358 g/mol. The summed E-state index contributed by atoms with van der Waals surface area (Å²) >= 11 is 0. The van der Waals surface area contributed by atoms with Gasteiger partial charge in [-0.1, -0.05) is 18.2 Å². The van der Waals surface area contributed by atoms with Gasteiger partial charge in [0.15, 0.2) is 0 Å². The number of benzene rings is 1. The highest BCUT2D eigenvalue weighted by atomic mass is 15.3. The molecule has 1 aromatic heterocycles. The van der Waals surface area contributed by atoms with Crippen molar-refractivity contribution in [2.75, 3.05) is 42.9 Å². The zero-order valence-electron chi connectivity index (χ0n) is 18.0. The molecule has 1 aromatic carbocycles. The summed E-state index contributed by atoms with van der Waals surface area (Å²) in [6.07, 6.45) is 6.47. The molecule has 5 heteroatoms. The maximum absolute atomic E-state index is 4.54. The average Bonchev–Trinajstić information content (AvgIpc) is 2.74. The SMILES string of the molecule is Cc1cc(C)nc(NC2CCC(CCN3CCN(c4ccccc4)CC3)CC2)n1. The number of para-hydroxylation sites is 1. The third-order valence-electron chi connectivity index (χ3n) is 6.51. The summed E-state index contributed by atoms with van der Waals surface area (Å²) in [5, 5.41) is 3.57. The largest absolute Gasteiger partial charge is 0.369 e. The molecule has 0 atom stereocenters. The van der Waals surface area contributed by atoms with E-state index in [1.807, 2.05) is 19.9 Å². The van der Waals surface area contributed by atoms with Gasteiger partial charge in [0, 0.05) is 49.3 Å². The van der Waals surface area contributed by atoms with Gasteiger partial charge in [0.2, 0.25) is 5.95 Å². The Morgan fingerprint density at radius 2 is 1.55 bits per heavy atom. The molecular formula is C24H35N5. The van der Waals surface area contributed by atoms with Crippen LogP contribution in [0.2, 0.25) is 0 Å². The predicted molar refractivity (Wildman–Crippen MR) is 121 cm³/mol. The van der Waals surface area contributed by atoms with Crippen LogP contribution in [0.1, 0.15) is 43.5 Å². The van der Waals surface area contributed by atoms with Gasteiger partial charge >= 0.3 is 0 Å². The smallest absolute Gasteiger partial charge is 0.223 e. The lowest BCUT2D eigenvalue weighted by Gasteiger charge is -2.37. The predicted octanol–water partition coefficient (Wildman–Crippen LogP) is 4.28. The second-order valence-electron chi connectivity index (χ2n) is 8.79. The fourth-order valence-electron chi connectivity index (χ4n) is 4.80. The number of piperazine rings is 1. The van der Waals surface area contributed by atoms with Crippen LogP contribution < -0.4 is 10.2 Å². The van der Waals surface area contributed by atoms with Crippen LogP contribution in [-0.4, -0.2) is 53.6 Å². The van der Waals surface area contributed by atoms with Crippen LogP contribution in [0.3, 0.4) is 0 Å². The summed E-state index contributed by atoms with van der Waals surface area (Å²) in [6, 6.07) is 13.4. The standard InChI is InChI=1S/C24H35N5/c1-19-18-20(2)26-24(25-19)27-22-10-8-21(9-11-22)12-13-28-14-16-29(17-15-28)23-6-4-3-5-7-23/h3-7,18,21-22H,8-17H2,1-2H3,(H,25,26,27). The Labute approximate surface area is 175 Å². The minimum Gasteiger partial charge on any atom is -0.369 e. The highest BCUT2D eigenvalue weighted by Crippen LogP contribution is 2.29. The molecule has 0 amide bonds. The van der Waals surface area contributed by atoms with Crippen molar-refractivity contribution in [1.82, 2.24) is 14.9 Å². The van der Waals surface area contributed by atoms with Crippen molar-refractivity contribution in [1.29, 1.82) is 0 Å². The van der Waals surface area contributed by atoms with Crippen LogP contribution >= 0.6 is 0 Å². The van der Waals surface area contributed by atoms with Crippen molar-refractivity contribution in [3.8, 4) is 0 Å². The summed E-state index contributed by atoms with van der Waals surface area (Å²) < 4.78 is 0. The lowest BCUT2D eigenvalue weighted by atomic mass is 9.84. The number of aromatic nitrogens is 2. The van der Waals surface area contributed by atoms with Crippen molar-refractivity contribution < 1.29 is 0 Å². The van der Waals surface area contributed by atoms with Gasteiger partial charge in [0.25, 0.3) is 0 Å². The highest BCUT2D eigenvalue weighted by Gasteiger charge is 2.23. The van der Waals surface area contributed by atoms with Gasteiger partial charge in [0.05, 0.1) is 0 Å². The first-order valence-corrected chi connectivity index (χ1v) is 11.3. The van der Waals surface area contributed by atoms with Crippen molar-refractivity contribution in [2.24, 2.45) is 5.92 Å².